The lowest BCUT2D eigenvalue weighted by atomic mass is 10.1. The first-order valence-electron chi connectivity index (χ1n) is 11.1. The molecule has 9 heteroatoms. The fraction of sp³-hybridized carbons (Fsp3) is 0.280. The highest BCUT2D eigenvalue weighted by atomic mass is 32.1. The molecule has 3 heterocycles. The van der Waals surface area contributed by atoms with E-state index >= 15 is 0 Å². The van der Waals surface area contributed by atoms with Crippen LogP contribution in [0.4, 0.5) is 4.39 Å². The van der Waals surface area contributed by atoms with E-state index in [9.17, 15) is 14.0 Å². The number of rotatable bonds is 8. The highest BCUT2D eigenvalue weighted by Crippen LogP contribution is 2.29. The number of likely N-dealkylation sites (N-methyl/N-ethyl adjacent to an activating group) is 1. The molecule has 2 amide bonds. The van der Waals surface area contributed by atoms with E-state index in [-0.39, 0.29) is 36.8 Å². The summed E-state index contributed by atoms with van der Waals surface area (Å²) >= 11 is 1.55. The van der Waals surface area contributed by atoms with Gasteiger partial charge in [0.25, 0.3) is 5.91 Å². The molecule has 176 valence electrons. The zero-order valence-electron chi connectivity index (χ0n) is 19.3. The third-order valence-corrected chi connectivity index (χ3v) is 6.36. The number of hydrogen-bond donors (Lipinski definition) is 1. The van der Waals surface area contributed by atoms with Crippen molar-refractivity contribution < 1.29 is 14.0 Å². The lowest BCUT2D eigenvalue weighted by molar-refractivity contribution is -0.121. The summed E-state index contributed by atoms with van der Waals surface area (Å²) in [5.41, 5.74) is 2.58. The summed E-state index contributed by atoms with van der Waals surface area (Å²) in [4.78, 5) is 33.4. The van der Waals surface area contributed by atoms with E-state index < -0.39 is 0 Å². The second-order valence-electron chi connectivity index (χ2n) is 8.18. The van der Waals surface area contributed by atoms with Crippen LogP contribution in [-0.4, -0.2) is 44.6 Å². The number of fused-ring (bicyclic) bond motifs is 1. The number of thiophene rings is 1. The minimum atomic E-state index is -0.329. The van der Waals surface area contributed by atoms with Crippen molar-refractivity contribution in [3.05, 3.63) is 71.0 Å². The lowest BCUT2D eigenvalue weighted by Crippen LogP contribution is -2.40. The number of pyridine rings is 1. The van der Waals surface area contributed by atoms with E-state index in [1.807, 2.05) is 38.3 Å². The van der Waals surface area contributed by atoms with Crippen LogP contribution >= 0.6 is 11.3 Å². The standard InChI is InChI=1S/C25H26FN5O2S/c1-4-30(15-23(32)27-13-17-7-9-18(26)10-8-17)25(33)19-12-21(22-6-5-11-34-22)29-24-20(19)14-28-31(24)16(2)3/h5-12,14,16H,4,13,15H2,1-3H3,(H,27,32). The monoisotopic (exact) mass is 479 g/mol. The largest absolute Gasteiger partial charge is 0.350 e. The fourth-order valence-electron chi connectivity index (χ4n) is 3.65. The molecular formula is C25H26FN5O2S. The van der Waals surface area contributed by atoms with Crippen LogP contribution in [0.3, 0.4) is 0 Å². The van der Waals surface area contributed by atoms with Crippen LogP contribution in [0.2, 0.25) is 0 Å². The topological polar surface area (TPSA) is 80.1 Å². The molecule has 0 aliphatic carbocycles. The number of nitrogens with one attached hydrogen (secondary N) is 1. The summed E-state index contributed by atoms with van der Waals surface area (Å²) in [6, 6.07) is 11.7. The van der Waals surface area contributed by atoms with Crippen molar-refractivity contribution in [2.24, 2.45) is 0 Å². The van der Waals surface area contributed by atoms with Crippen molar-refractivity contribution in [3.8, 4) is 10.6 Å². The Morgan fingerprint density at radius 3 is 2.62 bits per heavy atom. The van der Waals surface area contributed by atoms with Gasteiger partial charge < -0.3 is 10.2 Å². The van der Waals surface area contributed by atoms with E-state index in [0.29, 0.717) is 28.8 Å². The summed E-state index contributed by atoms with van der Waals surface area (Å²) in [6.45, 7) is 6.38. The van der Waals surface area contributed by atoms with E-state index in [1.165, 1.54) is 17.0 Å². The first kappa shape index (κ1) is 23.6. The summed E-state index contributed by atoms with van der Waals surface area (Å²) in [7, 11) is 0. The van der Waals surface area contributed by atoms with Gasteiger partial charge in [0, 0.05) is 19.1 Å². The minimum Gasteiger partial charge on any atom is -0.350 e. The lowest BCUT2D eigenvalue weighted by Gasteiger charge is -2.21. The van der Waals surface area contributed by atoms with Crippen molar-refractivity contribution >= 4 is 34.2 Å². The van der Waals surface area contributed by atoms with Crippen LogP contribution < -0.4 is 5.32 Å². The van der Waals surface area contributed by atoms with Crippen LogP contribution in [0.1, 0.15) is 42.7 Å². The molecule has 0 fully saturated rings. The van der Waals surface area contributed by atoms with Gasteiger partial charge in [-0.3, -0.25) is 9.59 Å². The SMILES string of the molecule is CCN(CC(=O)NCc1ccc(F)cc1)C(=O)c1cc(-c2cccs2)nc2c1cnn2C(C)C. The average Bonchev–Trinajstić information content (AvgIpc) is 3.51. The van der Waals surface area contributed by atoms with Gasteiger partial charge in [-0.2, -0.15) is 5.10 Å². The van der Waals surface area contributed by atoms with Crippen molar-refractivity contribution in [2.45, 2.75) is 33.4 Å². The molecule has 4 rings (SSSR count). The van der Waals surface area contributed by atoms with Crippen LogP contribution in [0, 0.1) is 5.82 Å². The summed E-state index contributed by atoms with van der Waals surface area (Å²) in [5, 5.41) is 9.87. The smallest absolute Gasteiger partial charge is 0.255 e. The minimum absolute atomic E-state index is 0.0751. The van der Waals surface area contributed by atoms with Gasteiger partial charge in [-0.25, -0.2) is 14.1 Å². The summed E-state index contributed by atoms with van der Waals surface area (Å²) in [5.74, 6) is -0.877. The Labute approximate surface area is 201 Å². The highest BCUT2D eigenvalue weighted by Gasteiger charge is 2.23. The van der Waals surface area contributed by atoms with Gasteiger partial charge in [0.15, 0.2) is 5.65 Å². The Hall–Kier alpha value is -3.59. The van der Waals surface area contributed by atoms with Crippen LogP contribution in [0.25, 0.3) is 21.6 Å². The van der Waals surface area contributed by atoms with Gasteiger partial charge in [0.1, 0.15) is 5.82 Å². The van der Waals surface area contributed by atoms with E-state index in [4.69, 9.17) is 4.98 Å². The second-order valence-corrected chi connectivity index (χ2v) is 9.12. The summed E-state index contributed by atoms with van der Waals surface area (Å²) in [6.07, 6.45) is 1.66. The normalized spacial score (nSPS) is 11.2. The molecule has 1 aromatic carbocycles. The molecule has 4 aromatic rings. The third-order valence-electron chi connectivity index (χ3n) is 5.47. The second kappa shape index (κ2) is 10.1. The van der Waals surface area contributed by atoms with Crippen LogP contribution in [0.15, 0.2) is 54.0 Å². The Bertz CT molecular complexity index is 1300. The van der Waals surface area contributed by atoms with E-state index in [2.05, 4.69) is 10.4 Å². The van der Waals surface area contributed by atoms with Crippen molar-refractivity contribution in [2.75, 3.05) is 13.1 Å². The molecule has 0 saturated carbocycles. The maximum Gasteiger partial charge on any atom is 0.255 e. The number of carbonyl (C=O) groups is 2. The van der Waals surface area contributed by atoms with Gasteiger partial charge in [-0.05, 0) is 56.0 Å². The van der Waals surface area contributed by atoms with Crippen molar-refractivity contribution in [1.29, 1.82) is 0 Å². The van der Waals surface area contributed by atoms with Crippen LogP contribution in [0.5, 0.6) is 0 Å². The van der Waals surface area contributed by atoms with Gasteiger partial charge in [-0.1, -0.05) is 18.2 Å². The van der Waals surface area contributed by atoms with E-state index in [0.717, 1.165) is 10.4 Å². The van der Waals surface area contributed by atoms with Gasteiger partial charge in [0.05, 0.1) is 34.3 Å². The molecule has 1 N–H and O–H groups in total. The molecule has 0 bridgehead atoms. The number of aromatic nitrogens is 3. The molecule has 0 aliphatic rings. The Balaban J connectivity index is 1.59. The Morgan fingerprint density at radius 2 is 1.97 bits per heavy atom. The average molecular weight is 480 g/mol. The van der Waals surface area contributed by atoms with Gasteiger partial charge in [-0.15, -0.1) is 11.3 Å². The summed E-state index contributed by atoms with van der Waals surface area (Å²) < 4.78 is 14.9. The first-order valence-corrected chi connectivity index (χ1v) is 12.0. The molecule has 0 atom stereocenters. The number of nitrogens with zero attached hydrogens (tertiary/aromatic N) is 4. The molecule has 0 unspecified atom stereocenters. The molecule has 0 radical (unpaired) electrons. The quantitative estimate of drug-likeness (QED) is 0.399. The zero-order valence-corrected chi connectivity index (χ0v) is 20.1. The zero-order chi connectivity index (χ0) is 24.2. The predicted octanol–water partition coefficient (Wildman–Crippen LogP) is 4.66. The van der Waals surface area contributed by atoms with Crippen molar-refractivity contribution in [3.63, 3.8) is 0 Å². The first-order chi connectivity index (χ1) is 16.4. The molecule has 34 heavy (non-hydrogen) atoms. The number of halogens is 1. The molecule has 7 nitrogen and oxygen atoms in total. The number of hydrogen-bond acceptors (Lipinski definition) is 5. The van der Waals surface area contributed by atoms with Crippen molar-refractivity contribution in [1.82, 2.24) is 25.0 Å². The third kappa shape index (κ3) is 4.99. The van der Waals surface area contributed by atoms with E-state index in [1.54, 1.807) is 40.4 Å². The fourth-order valence-corrected chi connectivity index (χ4v) is 4.34. The molecule has 0 saturated heterocycles. The molecule has 0 aliphatic heterocycles. The molecule has 3 aromatic heterocycles. The maximum absolute atomic E-state index is 13.6. The van der Waals surface area contributed by atoms with Gasteiger partial charge in [0.2, 0.25) is 5.91 Å². The number of benzene rings is 1. The van der Waals surface area contributed by atoms with Crippen LogP contribution in [-0.2, 0) is 11.3 Å². The van der Waals surface area contributed by atoms with Gasteiger partial charge >= 0.3 is 0 Å². The number of carbonyl (C=O) groups excluding carboxylic acids is 2. The molecule has 0 spiro atoms. The highest BCUT2D eigenvalue weighted by molar-refractivity contribution is 7.13. The Morgan fingerprint density at radius 1 is 1.21 bits per heavy atom. The molecular weight excluding hydrogens is 453 g/mol. The Kier molecular flexibility index (Phi) is 7.02. The maximum atomic E-state index is 13.6. The predicted molar refractivity (Wildman–Crippen MR) is 131 cm³/mol. The number of amides is 2.